The van der Waals surface area contributed by atoms with Crippen molar-refractivity contribution in [2.45, 2.75) is 91.4 Å². The monoisotopic (exact) mass is 379 g/mol. The molecule has 0 spiro atoms. The first-order valence-corrected chi connectivity index (χ1v) is 10.6. The maximum atomic E-state index is 10.4. The lowest BCUT2D eigenvalue weighted by atomic mass is 9.85. The zero-order valence-corrected chi connectivity index (χ0v) is 18.3. The molecule has 0 fully saturated rings. The van der Waals surface area contributed by atoms with Crippen LogP contribution in [0.25, 0.3) is 0 Å². The molecule has 0 saturated carbocycles. The van der Waals surface area contributed by atoms with Gasteiger partial charge in [-0.2, -0.15) is 0 Å². The van der Waals surface area contributed by atoms with E-state index in [9.17, 15) is 10.2 Å². The van der Waals surface area contributed by atoms with Gasteiger partial charge >= 0.3 is 0 Å². The first-order valence-electron chi connectivity index (χ1n) is 10.6. The van der Waals surface area contributed by atoms with Crippen molar-refractivity contribution >= 4 is 0 Å². The van der Waals surface area contributed by atoms with Gasteiger partial charge in [-0.05, 0) is 56.1 Å². The number of aliphatic hydroxyl groups is 2. The third-order valence-electron chi connectivity index (χ3n) is 4.85. The van der Waals surface area contributed by atoms with Crippen molar-refractivity contribution in [2.24, 2.45) is 0 Å². The molecule has 27 heavy (non-hydrogen) atoms. The van der Waals surface area contributed by atoms with Gasteiger partial charge in [-0.15, -0.1) is 0 Å². The molecule has 4 heteroatoms. The molecule has 0 bridgehead atoms. The zero-order chi connectivity index (χ0) is 20.5. The highest BCUT2D eigenvalue weighted by Gasteiger charge is 2.29. The van der Waals surface area contributed by atoms with Crippen LogP contribution in [0.4, 0.5) is 0 Å². The van der Waals surface area contributed by atoms with Gasteiger partial charge in [0.05, 0.1) is 6.61 Å². The summed E-state index contributed by atoms with van der Waals surface area (Å²) in [5, 5.41) is 20.7. The second-order valence-electron chi connectivity index (χ2n) is 8.67. The Morgan fingerprint density at radius 2 is 1.59 bits per heavy atom. The quantitative estimate of drug-likeness (QED) is 0.397. The Bertz CT molecular complexity index is 543. The number of ether oxygens (including phenoxy) is 1. The van der Waals surface area contributed by atoms with Gasteiger partial charge in [0.2, 0.25) is 5.91 Å². The van der Waals surface area contributed by atoms with Gasteiger partial charge < -0.3 is 14.9 Å². The summed E-state index contributed by atoms with van der Waals surface area (Å²) >= 11 is 0. The molecule has 0 aliphatic heterocycles. The van der Waals surface area contributed by atoms with Crippen LogP contribution in [0.5, 0.6) is 5.75 Å². The Morgan fingerprint density at radius 1 is 0.963 bits per heavy atom. The van der Waals surface area contributed by atoms with Crippen LogP contribution in [0, 0.1) is 6.92 Å². The molecule has 1 rings (SSSR count). The standard InChI is InChI=1S/C23H41NO3/c1-7-15-24(16-8-2)23(25,26)14-10-9-11-17-27-21-13-12-19(3)18-20(21)22(4,5)6/h12-13,18,25-26H,7-11,14-17H2,1-6H3. The molecule has 0 aromatic heterocycles. The van der Waals surface area contributed by atoms with E-state index in [0.29, 0.717) is 26.1 Å². The molecule has 0 radical (unpaired) electrons. The highest BCUT2D eigenvalue weighted by Crippen LogP contribution is 2.32. The highest BCUT2D eigenvalue weighted by molar-refractivity contribution is 5.41. The summed E-state index contributed by atoms with van der Waals surface area (Å²) in [5.41, 5.74) is 2.54. The van der Waals surface area contributed by atoms with Crippen LogP contribution in [0.15, 0.2) is 18.2 Å². The summed E-state index contributed by atoms with van der Waals surface area (Å²) in [6, 6.07) is 6.36. The third-order valence-corrected chi connectivity index (χ3v) is 4.85. The second kappa shape index (κ2) is 11.0. The molecular formula is C23H41NO3. The van der Waals surface area contributed by atoms with Gasteiger partial charge in [-0.1, -0.05) is 52.3 Å². The van der Waals surface area contributed by atoms with Gasteiger partial charge in [0.25, 0.3) is 0 Å². The molecule has 0 aliphatic rings. The van der Waals surface area contributed by atoms with Crippen LogP contribution in [0.1, 0.15) is 84.3 Å². The molecule has 1 aromatic rings. The smallest absolute Gasteiger partial charge is 0.224 e. The second-order valence-corrected chi connectivity index (χ2v) is 8.67. The molecular weight excluding hydrogens is 338 g/mol. The molecule has 4 nitrogen and oxygen atoms in total. The molecule has 0 aliphatic carbocycles. The largest absolute Gasteiger partial charge is 0.493 e. The Kier molecular flexibility index (Phi) is 9.78. The Labute approximate surface area is 166 Å². The Balaban J connectivity index is 2.43. The van der Waals surface area contributed by atoms with Crippen LogP contribution >= 0.6 is 0 Å². The molecule has 2 N–H and O–H groups in total. The van der Waals surface area contributed by atoms with Crippen LogP contribution in [-0.4, -0.2) is 40.7 Å². The highest BCUT2D eigenvalue weighted by atomic mass is 16.5. The predicted molar refractivity (Wildman–Crippen MR) is 113 cm³/mol. The van der Waals surface area contributed by atoms with E-state index >= 15 is 0 Å². The lowest BCUT2D eigenvalue weighted by Gasteiger charge is -2.35. The average molecular weight is 380 g/mol. The Hall–Kier alpha value is -1.10. The minimum atomic E-state index is -1.69. The van der Waals surface area contributed by atoms with Crippen molar-refractivity contribution in [3.05, 3.63) is 29.3 Å². The van der Waals surface area contributed by atoms with E-state index in [4.69, 9.17) is 4.74 Å². The number of benzene rings is 1. The van der Waals surface area contributed by atoms with Gasteiger partial charge in [0, 0.05) is 19.5 Å². The van der Waals surface area contributed by atoms with Crippen molar-refractivity contribution in [1.29, 1.82) is 0 Å². The minimum absolute atomic E-state index is 0.0523. The van der Waals surface area contributed by atoms with Gasteiger partial charge in [0.1, 0.15) is 5.75 Å². The van der Waals surface area contributed by atoms with E-state index in [1.807, 2.05) is 0 Å². The fourth-order valence-corrected chi connectivity index (χ4v) is 3.35. The number of hydrogen-bond donors (Lipinski definition) is 2. The van der Waals surface area contributed by atoms with E-state index < -0.39 is 5.91 Å². The number of unbranched alkanes of at least 4 members (excludes halogenated alkanes) is 2. The molecule has 0 heterocycles. The fraction of sp³-hybridized carbons (Fsp3) is 0.739. The summed E-state index contributed by atoms with van der Waals surface area (Å²) in [5.74, 6) is -0.729. The van der Waals surface area contributed by atoms with Crippen molar-refractivity contribution in [1.82, 2.24) is 4.90 Å². The first-order chi connectivity index (χ1) is 12.6. The normalized spacial score (nSPS) is 12.6. The van der Waals surface area contributed by atoms with Crippen molar-refractivity contribution in [3.8, 4) is 5.75 Å². The third kappa shape index (κ3) is 8.20. The molecule has 156 valence electrons. The summed E-state index contributed by atoms with van der Waals surface area (Å²) < 4.78 is 6.04. The van der Waals surface area contributed by atoms with Crippen molar-refractivity contribution in [3.63, 3.8) is 0 Å². The summed E-state index contributed by atoms with van der Waals surface area (Å²) in [4.78, 5) is 1.78. The van der Waals surface area contributed by atoms with Gasteiger partial charge in [-0.3, -0.25) is 4.90 Å². The van der Waals surface area contributed by atoms with Gasteiger partial charge in [-0.25, -0.2) is 0 Å². The van der Waals surface area contributed by atoms with E-state index in [1.165, 1.54) is 11.1 Å². The van der Waals surface area contributed by atoms with E-state index in [1.54, 1.807) is 4.90 Å². The molecule has 0 atom stereocenters. The number of hydrogen-bond acceptors (Lipinski definition) is 4. The minimum Gasteiger partial charge on any atom is -0.493 e. The first kappa shape index (κ1) is 23.9. The van der Waals surface area contributed by atoms with Crippen LogP contribution in [0.2, 0.25) is 0 Å². The van der Waals surface area contributed by atoms with Crippen molar-refractivity contribution < 1.29 is 14.9 Å². The fourth-order valence-electron chi connectivity index (χ4n) is 3.35. The maximum Gasteiger partial charge on any atom is 0.224 e. The summed E-state index contributed by atoms with van der Waals surface area (Å²) in [7, 11) is 0. The number of aryl methyl sites for hydroxylation is 1. The predicted octanol–water partition coefficient (Wildman–Crippen LogP) is 4.99. The van der Waals surface area contributed by atoms with Crippen LogP contribution in [-0.2, 0) is 5.41 Å². The van der Waals surface area contributed by atoms with E-state index in [2.05, 4.69) is 59.7 Å². The Morgan fingerprint density at radius 3 is 2.15 bits per heavy atom. The summed E-state index contributed by atoms with van der Waals surface area (Å²) in [6.45, 7) is 14.9. The zero-order valence-electron chi connectivity index (χ0n) is 18.3. The van der Waals surface area contributed by atoms with Gasteiger partial charge in [0.15, 0.2) is 0 Å². The van der Waals surface area contributed by atoms with Crippen LogP contribution in [0.3, 0.4) is 0 Å². The molecule has 0 amide bonds. The molecule has 1 aromatic carbocycles. The molecule has 0 saturated heterocycles. The topological polar surface area (TPSA) is 52.9 Å². The van der Waals surface area contributed by atoms with Crippen LogP contribution < -0.4 is 4.74 Å². The summed E-state index contributed by atoms with van der Waals surface area (Å²) in [6.07, 6.45) is 4.83. The van der Waals surface area contributed by atoms with E-state index in [0.717, 1.165) is 37.9 Å². The lowest BCUT2D eigenvalue weighted by molar-refractivity contribution is -0.268. The number of nitrogens with zero attached hydrogens (tertiary/aromatic N) is 1. The molecule has 0 unspecified atom stereocenters. The maximum absolute atomic E-state index is 10.4. The lowest BCUT2D eigenvalue weighted by Crippen LogP contribution is -2.49. The van der Waals surface area contributed by atoms with E-state index in [-0.39, 0.29) is 5.41 Å². The van der Waals surface area contributed by atoms with Crippen molar-refractivity contribution in [2.75, 3.05) is 19.7 Å². The number of rotatable bonds is 12. The average Bonchev–Trinajstić information content (AvgIpc) is 2.58. The SMILES string of the molecule is CCCN(CCC)C(O)(O)CCCCCOc1ccc(C)cc1C(C)(C)C.